The molecular weight excluding hydrogens is 430 g/mol. The summed E-state index contributed by atoms with van der Waals surface area (Å²) in [5.41, 5.74) is 3.11. The average Bonchev–Trinajstić information content (AvgIpc) is 2.85. The van der Waals surface area contributed by atoms with Gasteiger partial charge in [0.05, 0.1) is 19.3 Å². The lowest BCUT2D eigenvalue weighted by Gasteiger charge is -2.19. The van der Waals surface area contributed by atoms with Crippen LogP contribution in [0.4, 0.5) is 0 Å². The number of nitrogens with one attached hydrogen (secondary N) is 1. The van der Waals surface area contributed by atoms with E-state index in [2.05, 4.69) is 17.4 Å². The number of carbonyl (C=O) groups is 2. The highest BCUT2D eigenvalue weighted by atomic mass is 16.5. The predicted octanol–water partition coefficient (Wildman–Crippen LogP) is 5.20. The molecule has 0 aliphatic heterocycles. The van der Waals surface area contributed by atoms with E-state index in [0.717, 1.165) is 42.4 Å². The first-order valence-electron chi connectivity index (χ1n) is 12.4. The molecule has 0 bridgehead atoms. The largest absolute Gasteiger partial charge is 0.466 e. The molecule has 2 N–H and O–H groups in total. The summed E-state index contributed by atoms with van der Waals surface area (Å²) >= 11 is 0. The van der Waals surface area contributed by atoms with Crippen molar-refractivity contribution in [2.75, 3.05) is 19.8 Å². The molecule has 0 saturated heterocycles. The molecule has 2 rings (SSSR count). The Morgan fingerprint density at radius 1 is 0.824 bits per heavy atom. The van der Waals surface area contributed by atoms with Crippen LogP contribution in [0.5, 0.6) is 0 Å². The van der Waals surface area contributed by atoms with Crippen molar-refractivity contribution in [3.63, 3.8) is 0 Å². The number of rotatable bonds is 16. The zero-order chi connectivity index (χ0) is 24.6. The van der Waals surface area contributed by atoms with Crippen molar-refractivity contribution in [1.82, 2.24) is 5.32 Å². The summed E-state index contributed by atoms with van der Waals surface area (Å²) in [6, 6.07) is 17.7. The second kappa shape index (κ2) is 16.0. The summed E-state index contributed by atoms with van der Waals surface area (Å²) in [5.74, 6) is -0.405. The predicted molar refractivity (Wildman–Crippen MR) is 134 cm³/mol. The van der Waals surface area contributed by atoms with Crippen molar-refractivity contribution in [2.24, 2.45) is 0 Å². The number of esters is 2. The molecule has 0 spiro atoms. The second-order valence-electron chi connectivity index (χ2n) is 8.31. The zero-order valence-electron chi connectivity index (χ0n) is 20.5. The van der Waals surface area contributed by atoms with Gasteiger partial charge in [0.2, 0.25) is 0 Å². The average molecular weight is 470 g/mol. The molecule has 0 amide bonds. The van der Waals surface area contributed by atoms with Gasteiger partial charge >= 0.3 is 11.9 Å². The summed E-state index contributed by atoms with van der Waals surface area (Å²) in [6.45, 7) is 4.87. The highest BCUT2D eigenvalue weighted by Gasteiger charge is 2.19. The third kappa shape index (κ3) is 10.1. The second-order valence-corrected chi connectivity index (χ2v) is 8.31. The highest BCUT2D eigenvalue weighted by molar-refractivity contribution is 5.75. The molecule has 2 aromatic rings. The third-order valence-corrected chi connectivity index (χ3v) is 5.71. The normalized spacial score (nSPS) is 12.7. The van der Waals surface area contributed by atoms with E-state index in [9.17, 15) is 14.7 Å². The summed E-state index contributed by atoms with van der Waals surface area (Å²) in [7, 11) is 0. The van der Waals surface area contributed by atoms with Crippen LogP contribution >= 0.6 is 0 Å². The number of hydrogen-bond donors (Lipinski definition) is 2. The minimum atomic E-state index is -0.608. The van der Waals surface area contributed by atoms with Crippen LogP contribution in [0.2, 0.25) is 0 Å². The van der Waals surface area contributed by atoms with Crippen molar-refractivity contribution >= 4 is 11.9 Å². The Morgan fingerprint density at radius 2 is 1.47 bits per heavy atom. The highest BCUT2D eigenvalue weighted by Crippen LogP contribution is 2.23. The van der Waals surface area contributed by atoms with Gasteiger partial charge in [0.1, 0.15) is 6.04 Å². The zero-order valence-corrected chi connectivity index (χ0v) is 20.5. The van der Waals surface area contributed by atoms with E-state index in [1.807, 2.05) is 42.5 Å². The molecule has 0 aromatic heterocycles. The molecule has 0 saturated carbocycles. The minimum absolute atomic E-state index is 0.151. The maximum atomic E-state index is 12.3. The molecule has 6 nitrogen and oxygen atoms in total. The van der Waals surface area contributed by atoms with E-state index in [1.165, 1.54) is 0 Å². The van der Waals surface area contributed by atoms with Gasteiger partial charge in [0.15, 0.2) is 0 Å². The molecule has 186 valence electrons. The Bertz CT molecular complexity index is 838. The number of aliphatic hydroxyl groups excluding tert-OH is 1. The molecule has 0 aliphatic rings. The number of unbranched alkanes of at least 4 members (excludes halogenated alkanes) is 3. The number of ether oxygens (including phenoxy) is 2. The quantitative estimate of drug-likeness (QED) is 0.260. The number of carbonyl (C=O) groups excluding carboxylic acids is 2. The first kappa shape index (κ1) is 27.5. The summed E-state index contributed by atoms with van der Waals surface area (Å²) < 4.78 is 10.1. The van der Waals surface area contributed by atoms with Crippen LogP contribution in [-0.2, 0) is 19.1 Å². The van der Waals surface area contributed by atoms with Gasteiger partial charge in [-0.3, -0.25) is 9.59 Å². The van der Waals surface area contributed by atoms with E-state index >= 15 is 0 Å². The van der Waals surface area contributed by atoms with Crippen LogP contribution in [0.3, 0.4) is 0 Å². The standard InChI is InChI=1S/C28H39NO5/c1-3-33-27(31)15-11-6-5-10-14-25(28(32)34-4-2)29-21-20-26(30)24-18-16-23(17-19-24)22-12-8-7-9-13-22/h7-9,12-13,16-19,25-26,29-30H,3-6,10-11,14-15,20-21H2,1-2H3. The fourth-order valence-corrected chi connectivity index (χ4v) is 3.84. The van der Waals surface area contributed by atoms with Crippen molar-refractivity contribution in [1.29, 1.82) is 0 Å². The van der Waals surface area contributed by atoms with Gasteiger partial charge in [-0.25, -0.2) is 0 Å². The Labute approximate surface area is 203 Å². The van der Waals surface area contributed by atoms with Crippen LogP contribution in [0, 0.1) is 0 Å². The Morgan fingerprint density at radius 3 is 2.15 bits per heavy atom. The van der Waals surface area contributed by atoms with Gasteiger partial charge in [-0.15, -0.1) is 0 Å². The lowest BCUT2D eigenvalue weighted by atomic mass is 10.0. The first-order valence-corrected chi connectivity index (χ1v) is 12.4. The minimum Gasteiger partial charge on any atom is -0.466 e. The maximum absolute atomic E-state index is 12.3. The smallest absolute Gasteiger partial charge is 0.323 e. The van der Waals surface area contributed by atoms with Gasteiger partial charge in [-0.2, -0.15) is 0 Å². The Kier molecular flexibility index (Phi) is 13.0. The monoisotopic (exact) mass is 469 g/mol. The fraction of sp³-hybridized carbons (Fsp3) is 0.500. The van der Waals surface area contributed by atoms with Crippen molar-refractivity contribution in [3.05, 3.63) is 60.2 Å². The molecule has 6 heteroatoms. The van der Waals surface area contributed by atoms with Crippen molar-refractivity contribution in [2.45, 2.75) is 70.9 Å². The first-order chi connectivity index (χ1) is 16.5. The SMILES string of the molecule is CCOC(=O)CCCCCCC(NCCC(O)c1ccc(-c2ccccc2)cc1)C(=O)OCC. The number of hydrogen-bond acceptors (Lipinski definition) is 6. The number of aliphatic hydroxyl groups is 1. The fourth-order valence-electron chi connectivity index (χ4n) is 3.84. The van der Waals surface area contributed by atoms with Crippen molar-refractivity contribution < 1.29 is 24.2 Å². The van der Waals surface area contributed by atoms with Gasteiger partial charge in [0.25, 0.3) is 0 Å². The topological polar surface area (TPSA) is 84.9 Å². The molecular formula is C28H39NO5. The summed E-state index contributed by atoms with van der Waals surface area (Å²) in [6.07, 6.45) is 4.52. The van der Waals surface area contributed by atoms with Crippen LogP contribution < -0.4 is 5.32 Å². The molecule has 2 atom stereocenters. The number of benzene rings is 2. The van der Waals surface area contributed by atoms with Gasteiger partial charge in [-0.05, 0) is 56.3 Å². The summed E-state index contributed by atoms with van der Waals surface area (Å²) in [5, 5.41) is 13.9. The third-order valence-electron chi connectivity index (χ3n) is 5.71. The molecule has 0 fully saturated rings. The van der Waals surface area contributed by atoms with Gasteiger partial charge in [0, 0.05) is 6.42 Å². The molecule has 2 aromatic carbocycles. The molecule has 0 heterocycles. The van der Waals surface area contributed by atoms with Crippen molar-refractivity contribution in [3.8, 4) is 11.1 Å². The van der Waals surface area contributed by atoms with E-state index in [1.54, 1.807) is 13.8 Å². The summed E-state index contributed by atoms with van der Waals surface area (Å²) in [4.78, 5) is 23.7. The Hall–Kier alpha value is -2.70. The lowest BCUT2D eigenvalue weighted by molar-refractivity contribution is -0.146. The van der Waals surface area contributed by atoms with Crippen LogP contribution in [-0.4, -0.2) is 42.8 Å². The molecule has 34 heavy (non-hydrogen) atoms. The van der Waals surface area contributed by atoms with E-state index in [4.69, 9.17) is 9.47 Å². The molecule has 2 unspecified atom stereocenters. The van der Waals surface area contributed by atoms with Gasteiger partial charge < -0.3 is 19.9 Å². The van der Waals surface area contributed by atoms with Crippen LogP contribution in [0.15, 0.2) is 54.6 Å². The molecule has 0 aliphatic carbocycles. The maximum Gasteiger partial charge on any atom is 0.323 e. The Balaban J connectivity index is 1.75. The van der Waals surface area contributed by atoms with Gasteiger partial charge in [-0.1, -0.05) is 73.9 Å². The lowest BCUT2D eigenvalue weighted by Crippen LogP contribution is -2.39. The van der Waals surface area contributed by atoms with E-state index < -0.39 is 12.1 Å². The van der Waals surface area contributed by atoms with Crippen LogP contribution in [0.25, 0.3) is 11.1 Å². The van der Waals surface area contributed by atoms with E-state index in [0.29, 0.717) is 39.0 Å². The van der Waals surface area contributed by atoms with E-state index in [-0.39, 0.29) is 11.9 Å². The van der Waals surface area contributed by atoms with Crippen LogP contribution in [0.1, 0.15) is 70.5 Å². The molecule has 0 radical (unpaired) electrons.